The number of aliphatic hydroxyl groups is 1. The van der Waals surface area contributed by atoms with Crippen molar-refractivity contribution in [1.82, 2.24) is 9.97 Å². The molecule has 0 aromatic carbocycles. The van der Waals surface area contributed by atoms with Gasteiger partial charge in [-0.3, -0.25) is 25.0 Å². The van der Waals surface area contributed by atoms with Gasteiger partial charge in [-0.05, 0) is 83.2 Å². The molecule has 0 aliphatic heterocycles. The number of pyridine rings is 2. The molecule has 11 nitrogen and oxygen atoms in total. The van der Waals surface area contributed by atoms with Crippen LogP contribution in [0.5, 0.6) is 5.88 Å². The van der Waals surface area contributed by atoms with E-state index in [2.05, 4.69) is 69.5 Å². The van der Waals surface area contributed by atoms with E-state index in [9.17, 15) is 25.0 Å². The summed E-state index contributed by atoms with van der Waals surface area (Å²) in [6.07, 6.45) is 4.14. The molecule has 0 fully saturated rings. The van der Waals surface area contributed by atoms with Gasteiger partial charge in [0.05, 0.1) is 31.1 Å². The average molecular weight is 652 g/mol. The number of H-pyrrole nitrogens is 1. The lowest BCUT2D eigenvalue weighted by Crippen LogP contribution is -2.09. The minimum Gasteiger partial charge on any atom is -0.477 e. The second-order valence-corrected chi connectivity index (χ2v) is 10.7. The first-order valence-corrected chi connectivity index (χ1v) is 13.4. The standard InChI is InChI=1S/C12H17BrN2O3.C6H5BrN2O3.C6H14O/c1-8(2)5-4-6-18-12-10(13)7-11(15(16)17)9(3)14-12;1-3-5(9(11)12)2-4(7)6(10)8-3;1-6(2)4-3-5-7/h7-8H,4-6H2,1-3H3;2H,1H3,(H,8,10);6-7H,3-5H2,1-2H3. The summed E-state index contributed by atoms with van der Waals surface area (Å²) in [5, 5.41) is 29.4. The molecule has 37 heavy (non-hydrogen) atoms. The van der Waals surface area contributed by atoms with E-state index in [1.165, 1.54) is 19.1 Å². The van der Waals surface area contributed by atoms with Gasteiger partial charge >= 0.3 is 0 Å². The fraction of sp³-hybridized carbons (Fsp3) is 0.583. The van der Waals surface area contributed by atoms with Gasteiger partial charge in [0.15, 0.2) is 0 Å². The molecular formula is C24H36Br2N4O7. The van der Waals surface area contributed by atoms with Crippen molar-refractivity contribution >= 4 is 43.2 Å². The van der Waals surface area contributed by atoms with Crippen molar-refractivity contribution in [1.29, 1.82) is 0 Å². The lowest BCUT2D eigenvalue weighted by atomic mass is 10.1. The molecule has 0 aliphatic rings. The van der Waals surface area contributed by atoms with Crippen molar-refractivity contribution in [3.05, 3.63) is 63.0 Å². The van der Waals surface area contributed by atoms with E-state index in [1.54, 1.807) is 6.92 Å². The number of aromatic nitrogens is 2. The molecular weight excluding hydrogens is 616 g/mol. The number of hydrogen-bond acceptors (Lipinski definition) is 8. The highest BCUT2D eigenvalue weighted by molar-refractivity contribution is 9.10. The van der Waals surface area contributed by atoms with Crippen molar-refractivity contribution in [3.8, 4) is 5.88 Å². The molecule has 0 unspecified atom stereocenters. The Morgan fingerprint density at radius 1 is 0.973 bits per heavy atom. The van der Waals surface area contributed by atoms with E-state index < -0.39 is 9.85 Å². The van der Waals surface area contributed by atoms with Gasteiger partial charge in [0.1, 0.15) is 5.69 Å². The minimum absolute atomic E-state index is 0.00333. The number of rotatable bonds is 10. The number of nitrogens with zero attached hydrogens (tertiary/aromatic N) is 3. The quantitative estimate of drug-likeness (QED) is 0.164. The van der Waals surface area contributed by atoms with Crippen molar-refractivity contribution in [2.24, 2.45) is 11.8 Å². The van der Waals surface area contributed by atoms with Gasteiger partial charge in [0.2, 0.25) is 5.88 Å². The number of halogens is 2. The minimum atomic E-state index is -0.546. The maximum absolute atomic E-state index is 10.9. The highest BCUT2D eigenvalue weighted by Gasteiger charge is 2.16. The molecule has 0 aliphatic carbocycles. The normalized spacial score (nSPS) is 10.4. The number of aryl methyl sites for hydroxylation is 2. The Balaban J connectivity index is 0.000000586. The molecule has 2 heterocycles. The third-order valence-electron chi connectivity index (χ3n) is 4.77. The molecule has 2 N–H and O–H groups in total. The van der Waals surface area contributed by atoms with Gasteiger partial charge in [0, 0.05) is 18.7 Å². The van der Waals surface area contributed by atoms with Gasteiger partial charge in [0.25, 0.3) is 16.9 Å². The third kappa shape index (κ3) is 14.2. The van der Waals surface area contributed by atoms with E-state index in [4.69, 9.17) is 9.84 Å². The Bertz CT molecular complexity index is 1080. The van der Waals surface area contributed by atoms with Crippen LogP contribution in [0.2, 0.25) is 0 Å². The predicted molar refractivity (Wildman–Crippen MR) is 150 cm³/mol. The summed E-state index contributed by atoms with van der Waals surface area (Å²) < 4.78 is 6.21. The summed E-state index contributed by atoms with van der Waals surface area (Å²) in [6.45, 7) is 12.6. The van der Waals surface area contributed by atoms with Crippen molar-refractivity contribution in [2.45, 2.75) is 67.2 Å². The topological polar surface area (TPSA) is 161 Å². The van der Waals surface area contributed by atoms with Crippen LogP contribution in [0.15, 0.2) is 25.9 Å². The lowest BCUT2D eigenvalue weighted by Gasteiger charge is -2.09. The summed E-state index contributed by atoms with van der Waals surface area (Å²) in [7, 11) is 0. The Morgan fingerprint density at radius 3 is 1.95 bits per heavy atom. The third-order valence-corrected chi connectivity index (χ3v) is 5.93. The summed E-state index contributed by atoms with van der Waals surface area (Å²) in [4.78, 5) is 37.4. The summed E-state index contributed by atoms with van der Waals surface area (Å²) in [5.41, 5.74) is 0.159. The van der Waals surface area contributed by atoms with E-state index >= 15 is 0 Å². The summed E-state index contributed by atoms with van der Waals surface area (Å²) in [6, 6.07) is 2.62. The fourth-order valence-corrected chi connectivity index (χ4v) is 3.51. The highest BCUT2D eigenvalue weighted by Crippen LogP contribution is 2.29. The molecule has 0 atom stereocenters. The maximum atomic E-state index is 10.9. The van der Waals surface area contributed by atoms with Crippen LogP contribution in [-0.2, 0) is 0 Å². The number of aromatic amines is 1. The van der Waals surface area contributed by atoms with Gasteiger partial charge in [-0.25, -0.2) is 4.98 Å². The predicted octanol–water partition coefficient (Wildman–Crippen LogP) is 6.64. The Labute approximate surface area is 233 Å². The van der Waals surface area contributed by atoms with Gasteiger partial charge < -0.3 is 14.8 Å². The van der Waals surface area contributed by atoms with E-state index in [0.717, 1.165) is 31.6 Å². The van der Waals surface area contributed by atoms with Crippen LogP contribution in [-0.4, -0.2) is 38.1 Å². The van der Waals surface area contributed by atoms with Crippen molar-refractivity contribution in [3.63, 3.8) is 0 Å². The largest absolute Gasteiger partial charge is 0.477 e. The molecule has 0 radical (unpaired) electrons. The van der Waals surface area contributed by atoms with Crippen LogP contribution < -0.4 is 10.3 Å². The van der Waals surface area contributed by atoms with Gasteiger partial charge in [-0.1, -0.05) is 27.7 Å². The molecule has 0 spiro atoms. The van der Waals surface area contributed by atoms with Crippen LogP contribution in [0.25, 0.3) is 0 Å². The van der Waals surface area contributed by atoms with E-state index in [1.807, 2.05) is 0 Å². The molecule has 0 saturated carbocycles. The number of ether oxygens (including phenoxy) is 1. The highest BCUT2D eigenvalue weighted by atomic mass is 79.9. The molecule has 2 rings (SSSR count). The Kier molecular flexibility index (Phi) is 16.8. The Morgan fingerprint density at radius 2 is 1.49 bits per heavy atom. The molecule has 0 bridgehead atoms. The zero-order valence-electron chi connectivity index (χ0n) is 22.0. The first-order valence-electron chi connectivity index (χ1n) is 11.8. The lowest BCUT2D eigenvalue weighted by molar-refractivity contribution is -0.386. The second-order valence-electron chi connectivity index (χ2n) is 8.99. The number of hydrogen-bond donors (Lipinski definition) is 2. The fourth-order valence-electron chi connectivity index (χ4n) is 2.77. The summed E-state index contributed by atoms with van der Waals surface area (Å²) in [5.74, 6) is 1.80. The van der Waals surface area contributed by atoms with E-state index in [-0.39, 0.29) is 27.1 Å². The number of aliphatic hydroxyl groups excluding tert-OH is 1. The molecule has 2 aromatic rings. The van der Waals surface area contributed by atoms with Crippen LogP contribution >= 0.6 is 31.9 Å². The SMILES string of the molecule is CC(C)CCCO.Cc1[nH]c(=O)c(Br)cc1[N+](=O)[O-].Cc1nc(OCCCC(C)C)c(Br)cc1[N+](=O)[O-]. The molecule has 2 aromatic heterocycles. The van der Waals surface area contributed by atoms with Gasteiger partial charge in [-0.2, -0.15) is 0 Å². The zero-order chi connectivity index (χ0) is 28.7. The zero-order valence-corrected chi connectivity index (χ0v) is 25.2. The van der Waals surface area contributed by atoms with Crippen molar-refractivity contribution < 1.29 is 19.7 Å². The first-order chi connectivity index (χ1) is 17.2. The van der Waals surface area contributed by atoms with Crippen LogP contribution in [0.1, 0.15) is 64.8 Å². The van der Waals surface area contributed by atoms with Crippen LogP contribution in [0.3, 0.4) is 0 Å². The summed E-state index contributed by atoms with van der Waals surface area (Å²) >= 11 is 6.14. The number of nitrogens with one attached hydrogen (secondary N) is 1. The van der Waals surface area contributed by atoms with Crippen molar-refractivity contribution in [2.75, 3.05) is 13.2 Å². The molecule has 208 valence electrons. The Hall–Kier alpha value is -2.38. The maximum Gasteiger partial charge on any atom is 0.291 e. The second kappa shape index (κ2) is 18.0. The number of nitro groups is 2. The molecule has 0 saturated heterocycles. The van der Waals surface area contributed by atoms with E-state index in [0.29, 0.717) is 35.2 Å². The van der Waals surface area contributed by atoms with Crippen LogP contribution in [0, 0.1) is 45.9 Å². The van der Waals surface area contributed by atoms with Gasteiger partial charge in [-0.15, -0.1) is 0 Å². The monoisotopic (exact) mass is 650 g/mol. The van der Waals surface area contributed by atoms with Crippen LogP contribution in [0.4, 0.5) is 11.4 Å². The molecule has 13 heteroatoms. The smallest absolute Gasteiger partial charge is 0.291 e. The first kappa shape index (κ1) is 34.6. The average Bonchev–Trinajstić information content (AvgIpc) is 2.79. The molecule has 0 amide bonds.